The van der Waals surface area contributed by atoms with Gasteiger partial charge in [-0.15, -0.1) is 0 Å². The molecule has 21 heavy (non-hydrogen) atoms. The van der Waals surface area contributed by atoms with Gasteiger partial charge in [0.2, 0.25) is 0 Å². The van der Waals surface area contributed by atoms with Crippen molar-refractivity contribution in [2.45, 2.75) is 19.8 Å². The minimum absolute atomic E-state index is 0.178. The van der Waals surface area contributed by atoms with Crippen molar-refractivity contribution >= 4 is 61.1 Å². The van der Waals surface area contributed by atoms with Crippen molar-refractivity contribution in [2.75, 3.05) is 6.54 Å². The quantitative estimate of drug-likeness (QED) is 0.498. The molecule has 0 saturated carbocycles. The summed E-state index contributed by atoms with van der Waals surface area (Å²) in [5, 5.41) is 1.69. The molecule has 0 aromatic heterocycles. The molecule has 0 spiro atoms. The van der Waals surface area contributed by atoms with Gasteiger partial charge in [0, 0.05) is 31.1 Å². The van der Waals surface area contributed by atoms with Crippen LogP contribution in [0.5, 0.6) is 0 Å². The number of carbonyl (C=O) groups excluding carboxylic acids is 2. The van der Waals surface area contributed by atoms with E-state index < -0.39 is 0 Å². The fourth-order valence-corrected chi connectivity index (χ4v) is 3.71. The normalized spacial score (nSPS) is 14.1. The number of halogens is 2. The highest BCUT2D eigenvalue weighted by molar-refractivity contribution is 14.1. The summed E-state index contributed by atoms with van der Waals surface area (Å²) in [6, 6.07) is 7.48. The molecule has 1 heterocycles. The Morgan fingerprint density at radius 1 is 1.19 bits per heavy atom. The van der Waals surface area contributed by atoms with E-state index in [9.17, 15) is 9.59 Å². The minimum Gasteiger partial charge on any atom is -0.274 e. The second-order valence-corrected chi connectivity index (χ2v) is 7.02. The lowest BCUT2D eigenvalue weighted by Crippen LogP contribution is -2.40. The maximum Gasteiger partial charge on any atom is 0.261 e. The summed E-state index contributed by atoms with van der Waals surface area (Å²) in [6.45, 7) is 2.53. The molecule has 3 nitrogen and oxygen atoms in total. The summed E-state index contributed by atoms with van der Waals surface area (Å²) in [7, 11) is 0. The molecule has 0 aliphatic carbocycles. The molecule has 108 valence electrons. The van der Waals surface area contributed by atoms with Crippen LogP contribution in [0.1, 0.15) is 40.5 Å². The Kier molecular flexibility index (Phi) is 4.05. The predicted molar refractivity (Wildman–Crippen MR) is 94.6 cm³/mol. The summed E-state index contributed by atoms with van der Waals surface area (Å²) in [6.07, 6.45) is 1.78. The van der Waals surface area contributed by atoms with Gasteiger partial charge < -0.3 is 0 Å². The maximum atomic E-state index is 12.7. The number of amides is 2. The molecule has 0 bridgehead atoms. The van der Waals surface area contributed by atoms with Gasteiger partial charge in [0.05, 0.1) is 0 Å². The van der Waals surface area contributed by atoms with Crippen molar-refractivity contribution in [3.05, 3.63) is 43.4 Å². The zero-order valence-electron chi connectivity index (χ0n) is 11.5. The van der Waals surface area contributed by atoms with Gasteiger partial charge in [0.25, 0.3) is 11.8 Å². The molecule has 5 heteroatoms. The van der Waals surface area contributed by atoms with E-state index in [-0.39, 0.29) is 11.8 Å². The van der Waals surface area contributed by atoms with Crippen LogP contribution in [0.3, 0.4) is 0 Å². The Morgan fingerprint density at radius 3 is 2.62 bits per heavy atom. The van der Waals surface area contributed by atoms with E-state index in [0.29, 0.717) is 17.7 Å². The van der Waals surface area contributed by atoms with Gasteiger partial charge >= 0.3 is 0 Å². The first-order valence-electron chi connectivity index (χ1n) is 6.83. The van der Waals surface area contributed by atoms with Crippen LogP contribution in [0.2, 0.25) is 0 Å². The van der Waals surface area contributed by atoms with Crippen LogP contribution in [-0.2, 0) is 0 Å². The van der Waals surface area contributed by atoms with Gasteiger partial charge in [-0.25, -0.2) is 0 Å². The number of hydrogen-bond acceptors (Lipinski definition) is 2. The van der Waals surface area contributed by atoms with Gasteiger partial charge in [0.15, 0.2) is 0 Å². The van der Waals surface area contributed by atoms with E-state index in [1.54, 1.807) is 6.07 Å². The lowest BCUT2D eigenvalue weighted by atomic mass is 9.94. The summed E-state index contributed by atoms with van der Waals surface area (Å²) < 4.78 is 1.91. The standard InChI is InChI=1S/C16H13BrINO2/c1-2-3-7-19-15(20)10-6-4-5-9-13(10)11(16(19)21)8-12(18)14(9)17/h4-6,8H,2-3,7H2,1H3. The van der Waals surface area contributed by atoms with E-state index in [2.05, 4.69) is 38.5 Å². The molecule has 1 aliphatic heterocycles. The van der Waals surface area contributed by atoms with Crippen molar-refractivity contribution in [2.24, 2.45) is 0 Å². The van der Waals surface area contributed by atoms with Crippen molar-refractivity contribution < 1.29 is 9.59 Å². The fraction of sp³-hybridized carbons (Fsp3) is 0.250. The average molecular weight is 458 g/mol. The molecule has 0 fully saturated rings. The van der Waals surface area contributed by atoms with Gasteiger partial charge in [-0.2, -0.15) is 0 Å². The van der Waals surface area contributed by atoms with Gasteiger partial charge in [-0.1, -0.05) is 25.5 Å². The molecule has 3 rings (SSSR count). The first-order chi connectivity index (χ1) is 10.1. The Hall–Kier alpha value is -0.950. The monoisotopic (exact) mass is 457 g/mol. The molecule has 2 amide bonds. The Balaban J connectivity index is 2.28. The molecular formula is C16H13BrINO2. The number of nitrogens with zero attached hydrogens (tertiary/aromatic N) is 1. The highest BCUT2D eigenvalue weighted by Crippen LogP contribution is 2.37. The average Bonchev–Trinajstić information content (AvgIpc) is 2.49. The number of benzene rings is 2. The number of imide groups is 1. The van der Waals surface area contributed by atoms with E-state index in [1.807, 2.05) is 25.1 Å². The van der Waals surface area contributed by atoms with Crippen molar-refractivity contribution in [1.82, 2.24) is 4.90 Å². The maximum absolute atomic E-state index is 12.7. The highest BCUT2D eigenvalue weighted by Gasteiger charge is 2.33. The Labute approximate surface area is 145 Å². The van der Waals surface area contributed by atoms with Crippen LogP contribution in [-0.4, -0.2) is 23.3 Å². The van der Waals surface area contributed by atoms with Crippen LogP contribution < -0.4 is 0 Å². The third kappa shape index (κ3) is 2.30. The van der Waals surface area contributed by atoms with Crippen LogP contribution in [0.15, 0.2) is 28.7 Å². The van der Waals surface area contributed by atoms with Crippen LogP contribution in [0.4, 0.5) is 0 Å². The van der Waals surface area contributed by atoms with Crippen molar-refractivity contribution in [3.8, 4) is 0 Å². The van der Waals surface area contributed by atoms with E-state index in [4.69, 9.17) is 0 Å². The summed E-state index contributed by atoms with van der Waals surface area (Å²) in [5.74, 6) is -0.359. The van der Waals surface area contributed by atoms with Crippen molar-refractivity contribution in [3.63, 3.8) is 0 Å². The van der Waals surface area contributed by atoms with E-state index in [1.165, 1.54) is 4.90 Å². The first-order valence-corrected chi connectivity index (χ1v) is 8.70. The second kappa shape index (κ2) is 5.68. The zero-order valence-corrected chi connectivity index (χ0v) is 15.2. The smallest absolute Gasteiger partial charge is 0.261 e. The van der Waals surface area contributed by atoms with Crippen molar-refractivity contribution in [1.29, 1.82) is 0 Å². The molecule has 0 radical (unpaired) electrons. The SMILES string of the molecule is CCCCN1C(=O)c2cccc3c(Br)c(I)cc(c23)C1=O. The fourth-order valence-electron chi connectivity index (χ4n) is 2.67. The van der Waals surface area contributed by atoms with Crippen LogP contribution in [0.25, 0.3) is 10.8 Å². The number of rotatable bonds is 3. The lowest BCUT2D eigenvalue weighted by Gasteiger charge is -2.27. The Bertz CT molecular complexity index is 772. The molecule has 1 aliphatic rings. The predicted octanol–water partition coefficient (Wildman–Crippen LogP) is 4.60. The molecular weight excluding hydrogens is 445 g/mol. The minimum atomic E-state index is -0.181. The summed E-state index contributed by atoms with van der Waals surface area (Å²) in [5.41, 5.74) is 1.25. The molecule has 2 aromatic carbocycles. The molecule has 0 saturated heterocycles. The third-order valence-corrected chi connectivity index (χ3v) is 6.18. The molecule has 2 aromatic rings. The summed E-state index contributed by atoms with van der Waals surface area (Å²) in [4.78, 5) is 26.7. The zero-order chi connectivity index (χ0) is 15.1. The number of hydrogen-bond donors (Lipinski definition) is 0. The lowest BCUT2D eigenvalue weighted by molar-refractivity contribution is 0.0608. The molecule has 0 atom stereocenters. The van der Waals surface area contributed by atoms with E-state index >= 15 is 0 Å². The molecule has 0 N–H and O–H groups in total. The second-order valence-electron chi connectivity index (χ2n) is 5.06. The highest BCUT2D eigenvalue weighted by atomic mass is 127. The van der Waals surface area contributed by atoms with E-state index in [0.717, 1.165) is 31.7 Å². The number of unbranched alkanes of at least 4 members (excludes halogenated alkanes) is 1. The van der Waals surface area contributed by atoms with Gasteiger partial charge in [-0.05, 0) is 62.5 Å². The topological polar surface area (TPSA) is 37.4 Å². The van der Waals surface area contributed by atoms with Crippen LogP contribution in [0, 0.1) is 3.57 Å². The molecule has 0 unspecified atom stereocenters. The van der Waals surface area contributed by atoms with Gasteiger partial charge in [0.1, 0.15) is 0 Å². The summed E-state index contributed by atoms with van der Waals surface area (Å²) >= 11 is 5.76. The third-order valence-electron chi connectivity index (χ3n) is 3.74. The number of carbonyl (C=O) groups is 2. The first kappa shape index (κ1) is 15.0. The Morgan fingerprint density at radius 2 is 1.90 bits per heavy atom. The van der Waals surface area contributed by atoms with Gasteiger partial charge in [-0.3, -0.25) is 14.5 Å². The van der Waals surface area contributed by atoms with Crippen LogP contribution >= 0.6 is 38.5 Å². The largest absolute Gasteiger partial charge is 0.274 e.